The number of fused-ring (bicyclic) bond motifs is 1. The summed E-state index contributed by atoms with van der Waals surface area (Å²) in [6, 6.07) is 7.30. The van der Waals surface area contributed by atoms with Crippen LogP contribution in [-0.2, 0) is 16.4 Å². The van der Waals surface area contributed by atoms with Crippen molar-refractivity contribution in [1.29, 1.82) is 0 Å². The molecule has 0 saturated carbocycles. The fourth-order valence-electron chi connectivity index (χ4n) is 3.23. The summed E-state index contributed by atoms with van der Waals surface area (Å²) in [7, 11) is -3.60. The van der Waals surface area contributed by atoms with Gasteiger partial charge in [-0.2, -0.15) is 4.31 Å². The molecule has 142 valence electrons. The van der Waals surface area contributed by atoms with E-state index in [0.717, 1.165) is 35.5 Å². The molecule has 0 aromatic carbocycles. The van der Waals surface area contributed by atoms with E-state index in [4.69, 9.17) is 0 Å². The second kappa shape index (κ2) is 7.41. The minimum absolute atomic E-state index is 0.111. The van der Waals surface area contributed by atoms with Crippen LogP contribution in [0.3, 0.4) is 0 Å². The maximum absolute atomic E-state index is 12.8. The molecule has 0 spiro atoms. The van der Waals surface area contributed by atoms with Gasteiger partial charge in [-0.25, -0.2) is 13.4 Å². The highest BCUT2D eigenvalue weighted by Crippen LogP contribution is 2.27. The molecule has 7 nitrogen and oxygen atoms in total. The van der Waals surface area contributed by atoms with Gasteiger partial charge in [0.1, 0.15) is 15.4 Å². The number of hydrogen-bond acceptors (Lipinski definition) is 5. The fraction of sp³-hybridized carbons (Fsp3) is 0.333. The van der Waals surface area contributed by atoms with Crippen molar-refractivity contribution in [2.75, 3.05) is 19.6 Å². The second-order valence-corrected chi connectivity index (χ2v) is 9.25. The van der Waals surface area contributed by atoms with E-state index in [1.54, 1.807) is 5.38 Å². The maximum atomic E-state index is 12.8. The van der Waals surface area contributed by atoms with Crippen LogP contribution in [0.2, 0.25) is 0 Å². The Labute approximate surface area is 161 Å². The average Bonchev–Trinajstić information content (AvgIpc) is 3.40. The molecule has 1 N–H and O–H groups in total. The molecular formula is C18H20N4O3S2. The summed E-state index contributed by atoms with van der Waals surface area (Å²) in [5, 5.41) is 4.47. The maximum Gasteiger partial charge on any atom is 0.262 e. The molecule has 1 amide bonds. The van der Waals surface area contributed by atoms with E-state index in [1.807, 2.05) is 35.0 Å². The van der Waals surface area contributed by atoms with Crippen LogP contribution in [0.25, 0.3) is 5.65 Å². The number of nitrogens with zero attached hydrogens (tertiary/aromatic N) is 3. The number of amides is 1. The highest BCUT2D eigenvalue weighted by atomic mass is 32.2. The third-order valence-corrected chi connectivity index (χ3v) is 7.58. The van der Waals surface area contributed by atoms with Crippen LogP contribution in [0.1, 0.15) is 28.2 Å². The van der Waals surface area contributed by atoms with Gasteiger partial charge in [0.25, 0.3) is 5.91 Å². The Morgan fingerprint density at radius 1 is 1.22 bits per heavy atom. The lowest BCUT2D eigenvalue weighted by Crippen LogP contribution is -2.31. The molecule has 1 aliphatic rings. The first-order valence-electron chi connectivity index (χ1n) is 8.84. The molecule has 3 aromatic rings. The number of rotatable bonds is 6. The summed E-state index contributed by atoms with van der Waals surface area (Å²) in [5.41, 5.74) is 1.73. The largest absolute Gasteiger partial charge is 0.351 e. The Bertz CT molecular complexity index is 1030. The smallest absolute Gasteiger partial charge is 0.262 e. The summed E-state index contributed by atoms with van der Waals surface area (Å²) < 4.78 is 28.9. The van der Waals surface area contributed by atoms with E-state index < -0.39 is 10.0 Å². The normalized spacial score (nSPS) is 15.4. The first-order valence-corrected chi connectivity index (χ1v) is 11.2. The van der Waals surface area contributed by atoms with Crippen molar-refractivity contribution < 1.29 is 13.2 Å². The van der Waals surface area contributed by atoms with Crippen LogP contribution in [0, 0.1) is 0 Å². The van der Waals surface area contributed by atoms with Gasteiger partial charge in [0, 0.05) is 38.4 Å². The number of hydrogen-bond donors (Lipinski definition) is 1. The lowest BCUT2D eigenvalue weighted by atomic mass is 10.3. The van der Waals surface area contributed by atoms with E-state index in [2.05, 4.69) is 10.3 Å². The lowest BCUT2D eigenvalue weighted by Gasteiger charge is -2.15. The van der Waals surface area contributed by atoms with E-state index in [0.29, 0.717) is 26.1 Å². The quantitative estimate of drug-likeness (QED) is 0.682. The highest BCUT2D eigenvalue weighted by Gasteiger charge is 2.31. The molecule has 9 heteroatoms. The zero-order valence-electron chi connectivity index (χ0n) is 14.7. The standard InChI is InChI=1S/C18H20N4O3S2/c23-18(19-8-6-14-13-21-9-2-1-5-16(21)20-14)17-15(7-12-26-17)27(24,25)22-10-3-4-11-22/h1-2,5,7,9,12-13H,3-4,6,8,10-11H2,(H,19,23). The van der Waals surface area contributed by atoms with Gasteiger partial charge in [0.2, 0.25) is 10.0 Å². The molecular weight excluding hydrogens is 384 g/mol. The number of carbonyl (C=O) groups is 1. The van der Waals surface area contributed by atoms with Gasteiger partial charge in [-0.1, -0.05) is 6.07 Å². The molecule has 1 fully saturated rings. The number of pyridine rings is 1. The molecule has 1 saturated heterocycles. The van der Waals surface area contributed by atoms with Gasteiger partial charge in [0.05, 0.1) is 5.69 Å². The van der Waals surface area contributed by atoms with Gasteiger partial charge in [-0.15, -0.1) is 11.3 Å². The van der Waals surface area contributed by atoms with Crippen LogP contribution < -0.4 is 5.32 Å². The Hall–Kier alpha value is -2.23. The molecule has 4 heterocycles. The van der Waals surface area contributed by atoms with E-state index in [9.17, 15) is 13.2 Å². The number of aromatic nitrogens is 2. The van der Waals surface area contributed by atoms with Crippen LogP contribution in [-0.4, -0.2) is 47.6 Å². The first-order chi connectivity index (χ1) is 13.1. The van der Waals surface area contributed by atoms with Gasteiger partial charge >= 0.3 is 0 Å². The van der Waals surface area contributed by atoms with Gasteiger partial charge in [0.15, 0.2) is 0 Å². The summed E-state index contributed by atoms with van der Waals surface area (Å²) in [6.45, 7) is 1.43. The molecule has 0 unspecified atom stereocenters. The predicted molar refractivity (Wildman–Crippen MR) is 104 cm³/mol. The van der Waals surface area contributed by atoms with Crippen molar-refractivity contribution >= 4 is 32.9 Å². The van der Waals surface area contributed by atoms with Crippen LogP contribution in [0.4, 0.5) is 0 Å². The Morgan fingerprint density at radius 3 is 2.81 bits per heavy atom. The monoisotopic (exact) mass is 404 g/mol. The van der Waals surface area contributed by atoms with Gasteiger partial charge in [-0.3, -0.25) is 4.79 Å². The van der Waals surface area contributed by atoms with E-state index >= 15 is 0 Å². The van der Waals surface area contributed by atoms with E-state index in [-0.39, 0.29) is 15.7 Å². The van der Waals surface area contributed by atoms with Crippen molar-refractivity contribution in [1.82, 2.24) is 19.0 Å². The first kappa shape index (κ1) is 18.1. The molecule has 0 radical (unpaired) electrons. The SMILES string of the molecule is O=C(NCCc1cn2ccccc2n1)c1sccc1S(=O)(=O)N1CCCC1. The third kappa shape index (κ3) is 3.62. The Kier molecular flexibility index (Phi) is 4.98. The van der Waals surface area contributed by atoms with Crippen molar-refractivity contribution in [3.8, 4) is 0 Å². The molecule has 0 atom stereocenters. The van der Waals surface area contributed by atoms with Gasteiger partial charge in [-0.05, 0) is 36.4 Å². The van der Waals surface area contributed by atoms with Crippen molar-refractivity contribution in [2.24, 2.45) is 0 Å². The predicted octanol–water partition coefficient (Wildman–Crippen LogP) is 2.15. The van der Waals surface area contributed by atoms with Crippen LogP contribution in [0.15, 0.2) is 46.9 Å². The summed E-state index contributed by atoms with van der Waals surface area (Å²) in [5.74, 6) is -0.355. The lowest BCUT2D eigenvalue weighted by molar-refractivity contribution is 0.0955. The van der Waals surface area contributed by atoms with Gasteiger partial charge < -0.3 is 9.72 Å². The Balaban J connectivity index is 1.42. The zero-order chi connectivity index (χ0) is 18.9. The summed E-state index contributed by atoms with van der Waals surface area (Å²) >= 11 is 1.16. The number of imidazole rings is 1. The van der Waals surface area contributed by atoms with Crippen LogP contribution >= 0.6 is 11.3 Å². The topological polar surface area (TPSA) is 83.8 Å². The number of sulfonamides is 1. The zero-order valence-corrected chi connectivity index (χ0v) is 16.3. The Morgan fingerprint density at radius 2 is 2.04 bits per heavy atom. The number of thiophene rings is 1. The van der Waals surface area contributed by atoms with Crippen molar-refractivity contribution in [3.05, 3.63) is 52.6 Å². The number of nitrogens with one attached hydrogen (secondary N) is 1. The molecule has 3 aromatic heterocycles. The molecule has 4 rings (SSSR count). The molecule has 1 aliphatic heterocycles. The number of carbonyl (C=O) groups excluding carboxylic acids is 1. The summed E-state index contributed by atoms with van der Waals surface area (Å²) in [6.07, 6.45) is 6.16. The third-order valence-electron chi connectivity index (χ3n) is 4.60. The second-order valence-electron chi connectivity index (χ2n) is 6.43. The molecule has 0 aliphatic carbocycles. The minimum Gasteiger partial charge on any atom is -0.351 e. The average molecular weight is 405 g/mol. The fourth-order valence-corrected chi connectivity index (χ4v) is 6.06. The van der Waals surface area contributed by atoms with Crippen LogP contribution in [0.5, 0.6) is 0 Å². The van der Waals surface area contributed by atoms with Crippen molar-refractivity contribution in [2.45, 2.75) is 24.2 Å². The highest BCUT2D eigenvalue weighted by molar-refractivity contribution is 7.89. The van der Waals surface area contributed by atoms with E-state index in [1.165, 1.54) is 10.4 Å². The minimum atomic E-state index is -3.60. The molecule has 27 heavy (non-hydrogen) atoms. The molecule has 0 bridgehead atoms. The summed E-state index contributed by atoms with van der Waals surface area (Å²) in [4.78, 5) is 17.4. The van der Waals surface area contributed by atoms with Crippen molar-refractivity contribution in [3.63, 3.8) is 0 Å².